The van der Waals surface area contributed by atoms with Crippen LogP contribution in [0.15, 0.2) is 53.0 Å². The van der Waals surface area contributed by atoms with Gasteiger partial charge in [0, 0.05) is 37.8 Å². The standard InChI is InChI=1S/C19H21BrN2O3/c1-21(2)15-10-8-14(9-11-15)12-22(3)18(23)13-25-19(24)16-6-4-5-7-17(16)20/h4-11H,12-13H2,1-3H3. The van der Waals surface area contributed by atoms with Crippen LogP contribution in [-0.2, 0) is 16.1 Å². The van der Waals surface area contributed by atoms with Gasteiger partial charge in [0.2, 0.25) is 0 Å². The van der Waals surface area contributed by atoms with Crippen LogP contribution in [0, 0.1) is 0 Å². The van der Waals surface area contributed by atoms with Gasteiger partial charge >= 0.3 is 5.97 Å². The van der Waals surface area contributed by atoms with Gasteiger partial charge in [-0.05, 0) is 45.8 Å². The average molecular weight is 405 g/mol. The predicted octanol–water partition coefficient (Wildman–Crippen LogP) is 3.33. The highest BCUT2D eigenvalue weighted by molar-refractivity contribution is 9.10. The number of halogens is 1. The van der Waals surface area contributed by atoms with Crippen LogP contribution in [0.1, 0.15) is 15.9 Å². The van der Waals surface area contributed by atoms with E-state index in [-0.39, 0.29) is 12.5 Å². The number of rotatable bonds is 6. The van der Waals surface area contributed by atoms with Crippen LogP contribution in [0.5, 0.6) is 0 Å². The van der Waals surface area contributed by atoms with Gasteiger partial charge in [-0.2, -0.15) is 0 Å². The molecule has 132 valence electrons. The second-order valence-corrected chi connectivity index (χ2v) is 6.72. The first-order chi connectivity index (χ1) is 11.9. The molecule has 0 aromatic heterocycles. The molecule has 0 unspecified atom stereocenters. The molecule has 0 atom stereocenters. The Morgan fingerprint density at radius 3 is 2.24 bits per heavy atom. The molecule has 0 saturated heterocycles. The summed E-state index contributed by atoms with van der Waals surface area (Å²) in [6.45, 7) is 0.172. The summed E-state index contributed by atoms with van der Waals surface area (Å²) in [6, 6.07) is 14.9. The summed E-state index contributed by atoms with van der Waals surface area (Å²) in [7, 11) is 5.64. The van der Waals surface area contributed by atoms with E-state index in [2.05, 4.69) is 15.9 Å². The van der Waals surface area contributed by atoms with E-state index in [1.807, 2.05) is 43.3 Å². The zero-order valence-electron chi connectivity index (χ0n) is 14.5. The van der Waals surface area contributed by atoms with Crippen LogP contribution in [0.3, 0.4) is 0 Å². The number of hydrogen-bond acceptors (Lipinski definition) is 4. The number of hydrogen-bond donors (Lipinski definition) is 0. The van der Waals surface area contributed by atoms with Crippen molar-refractivity contribution in [2.24, 2.45) is 0 Å². The normalized spacial score (nSPS) is 10.2. The second-order valence-electron chi connectivity index (χ2n) is 5.87. The predicted molar refractivity (Wildman–Crippen MR) is 102 cm³/mol. The Labute approximate surface area is 156 Å². The Morgan fingerprint density at radius 1 is 1.00 bits per heavy atom. The van der Waals surface area contributed by atoms with Crippen molar-refractivity contribution in [1.82, 2.24) is 4.90 Å². The molecule has 0 fully saturated rings. The number of anilines is 1. The fourth-order valence-electron chi connectivity index (χ4n) is 2.20. The van der Waals surface area contributed by atoms with Crippen molar-refractivity contribution >= 4 is 33.5 Å². The third-order valence-electron chi connectivity index (χ3n) is 3.72. The molecular weight excluding hydrogens is 384 g/mol. The SMILES string of the molecule is CN(Cc1ccc(N(C)C)cc1)C(=O)COC(=O)c1ccccc1Br. The molecule has 25 heavy (non-hydrogen) atoms. The molecule has 0 radical (unpaired) electrons. The third kappa shape index (κ3) is 5.32. The van der Waals surface area contributed by atoms with Crippen molar-refractivity contribution in [3.8, 4) is 0 Å². The highest BCUT2D eigenvalue weighted by Crippen LogP contribution is 2.17. The van der Waals surface area contributed by atoms with Gasteiger partial charge in [-0.15, -0.1) is 0 Å². The number of carbonyl (C=O) groups is 2. The third-order valence-corrected chi connectivity index (χ3v) is 4.41. The average Bonchev–Trinajstić information content (AvgIpc) is 2.60. The lowest BCUT2D eigenvalue weighted by Gasteiger charge is -2.18. The number of esters is 1. The molecule has 2 rings (SSSR count). The Kier molecular flexibility index (Phi) is 6.58. The molecule has 0 aliphatic heterocycles. The summed E-state index contributed by atoms with van der Waals surface area (Å²) in [5.74, 6) is -0.776. The van der Waals surface area contributed by atoms with E-state index in [1.165, 1.54) is 4.90 Å². The number of nitrogens with zero attached hydrogens (tertiary/aromatic N) is 2. The van der Waals surface area contributed by atoms with Gasteiger partial charge in [-0.1, -0.05) is 24.3 Å². The Hall–Kier alpha value is -2.34. The first kappa shape index (κ1) is 19.0. The minimum absolute atomic E-state index is 0.253. The zero-order chi connectivity index (χ0) is 18.4. The lowest BCUT2D eigenvalue weighted by atomic mass is 10.2. The molecule has 0 aliphatic rings. The van der Waals surface area contributed by atoms with E-state index in [4.69, 9.17) is 4.74 Å². The molecule has 5 nitrogen and oxygen atoms in total. The summed E-state index contributed by atoms with van der Waals surface area (Å²) < 4.78 is 5.75. The highest BCUT2D eigenvalue weighted by atomic mass is 79.9. The molecule has 0 bridgehead atoms. The molecule has 0 aliphatic carbocycles. The Bertz CT molecular complexity index is 745. The smallest absolute Gasteiger partial charge is 0.339 e. The van der Waals surface area contributed by atoms with Crippen molar-refractivity contribution in [3.63, 3.8) is 0 Å². The summed E-state index contributed by atoms with van der Waals surface area (Å²) in [6.07, 6.45) is 0. The molecule has 0 heterocycles. The van der Waals surface area contributed by atoms with Gasteiger partial charge in [0.05, 0.1) is 5.56 Å². The lowest BCUT2D eigenvalue weighted by molar-refractivity contribution is -0.133. The first-order valence-electron chi connectivity index (χ1n) is 7.80. The maximum Gasteiger partial charge on any atom is 0.339 e. The molecule has 2 aromatic carbocycles. The molecule has 0 saturated carbocycles. The quantitative estimate of drug-likeness (QED) is 0.692. The van der Waals surface area contributed by atoms with E-state index in [1.54, 1.807) is 31.3 Å². The maximum absolute atomic E-state index is 12.2. The van der Waals surface area contributed by atoms with Crippen LogP contribution in [0.4, 0.5) is 5.69 Å². The maximum atomic E-state index is 12.2. The summed E-state index contributed by atoms with van der Waals surface area (Å²) in [5, 5.41) is 0. The molecule has 2 aromatic rings. The number of ether oxygens (including phenoxy) is 1. The monoisotopic (exact) mass is 404 g/mol. The molecule has 1 amide bonds. The van der Waals surface area contributed by atoms with Crippen molar-refractivity contribution in [2.75, 3.05) is 32.6 Å². The molecule has 0 spiro atoms. The van der Waals surface area contributed by atoms with Crippen LogP contribution in [0.25, 0.3) is 0 Å². The number of benzene rings is 2. The van der Waals surface area contributed by atoms with Crippen molar-refractivity contribution in [2.45, 2.75) is 6.54 Å². The van der Waals surface area contributed by atoms with E-state index >= 15 is 0 Å². The fraction of sp³-hybridized carbons (Fsp3) is 0.263. The number of likely N-dealkylation sites (N-methyl/N-ethyl adjacent to an activating group) is 1. The molecule has 0 N–H and O–H groups in total. The van der Waals surface area contributed by atoms with Crippen molar-refractivity contribution in [3.05, 3.63) is 64.1 Å². The molecule has 6 heteroatoms. The first-order valence-corrected chi connectivity index (χ1v) is 8.59. The minimum Gasteiger partial charge on any atom is -0.452 e. The van der Waals surface area contributed by atoms with E-state index < -0.39 is 5.97 Å². The largest absolute Gasteiger partial charge is 0.452 e. The number of amides is 1. The number of carbonyl (C=O) groups excluding carboxylic acids is 2. The van der Waals surface area contributed by atoms with Crippen LogP contribution >= 0.6 is 15.9 Å². The lowest BCUT2D eigenvalue weighted by Crippen LogP contribution is -2.30. The highest BCUT2D eigenvalue weighted by Gasteiger charge is 2.15. The Balaban J connectivity index is 1.88. The molecular formula is C19H21BrN2O3. The summed E-state index contributed by atoms with van der Waals surface area (Å²) in [5.41, 5.74) is 2.51. The van der Waals surface area contributed by atoms with Gasteiger partial charge < -0.3 is 14.5 Å². The van der Waals surface area contributed by atoms with Crippen LogP contribution in [0.2, 0.25) is 0 Å². The van der Waals surface area contributed by atoms with Gasteiger partial charge in [-0.25, -0.2) is 4.79 Å². The summed E-state index contributed by atoms with van der Waals surface area (Å²) in [4.78, 5) is 27.7. The van der Waals surface area contributed by atoms with Crippen molar-refractivity contribution < 1.29 is 14.3 Å². The Morgan fingerprint density at radius 2 is 1.64 bits per heavy atom. The van der Waals surface area contributed by atoms with Crippen molar-refractivity contribution in [1.29, 1.82) is 0 Å². The fourth-order valence-corrected chi connectivity index (χ4v) is 2.65. The second kappa shape index (κ2) is 8.67. The summed E-state index contributed by atoms with van der Waals surface area (Å²) >= 11 is 3.29. The van der Waals surface area contributed by atoms with E-state index in [0.29, 0.717) is 16.6 Å². The van der Waals surface area contributed by atoms with E-state index in [0.717, 1.165) is 11.3 Å². The van der Waals surface area contributed by atoms with Gasteiger partial charge in [0.1, 0.15) is 0 Å². The minimum atomic E-state index is -0.524. The van der Waals surface area contributed by atoms with Gasteiger partial charge in [0.15, 0.2) is 6.61 Å². The van der Waals surface area contributed by atoms with Crippen LogP contribution < -0.4 is 4.90 Å². The zero-order valence-corrected chi connectivity index (χ0v) is 16.1. The van der Waals surface area contributed by atoms with Gasteiger partial charge in [-0.3, -0.25) is 4.79 Å². The van der Waals surface area contributed by atoms with Gasteiger partial charge in [0.25, 0.3) is 5.91 Å². The topological polar surface area (TPSA) is 49.9 Å². The van der Waals surface area contributed by atoms with E-state index in [9.17, 15) is 9.59 Å². The van der Waals surface area contributed by atoms with Crippen LogP contribution in [-0.4, -0.2) is 44.5 Å².